The van der Waals surface area contributed by atoms with Crippen LogP contribution in [-0.2, 0) is 52.5 Å². The Bertz CT molecular complexity index is 1170. The largest absolute Gasteiger partial charge is 0.481 e. The Hall–Kier alpha value is -3.67. The monoisotopic (exact) mass is 889 g/mol. The van der Waals surface area contributed by atoms with E-state index in [1.54, 1.807) is 21.0 Å². The summed E-state index contributed by atoms with van der Waals surface area (Å²) in [4.78, 5) is 79.5. The van der Waals surface area contributed by atoms with Gasteiger partial charge in [-0.05, 0) is 39.0 Å². The van der Waals surface area contributed by atoms with E-state index in [0.717, 1.165) is 64.2 Å². The molecule has 0 saturated heterocycles. The average Bonchev–Trinajstić information content (AvgIpc) is 3.23. The van der Waals surface area contributed by atoms with Crippen molar-refractivity contribution in [2.45, 2.75) is 168 Å². The molecule has 0 saturated carbocycles. The highest BCUT2D eigenvalue weighted by Gasteiger charge is 2.20. The fourth-order valence-electron chi connectivity index (χ4n) is 5.91. The van der Waals surface area contributed by atoms with Gasteiger partial charge in [-0.1, -0.05) is 97.3 Å². The van der Waals surface area contributed by atoms with E-state index in [0.29, 0.717) is 72.1 Å². The quantitative estimate of drug-likeness (QED) is 0.0415. The first-order valence-corrected chi connectivity index (χ1v) is 23.1. The molecule has 2 atom stereocenters. The van der Waals surface area contributed by atoms with Crippen molar-refractivity contribution < 1.29 is 62.7 Å². The molecule has 0 aromatic heterocycles. The fourth-order valence-corrected chi connectivity index (χ4v) is 5.91. The molecule has 0 spiro atoms. The Morgan fingerprint density at radius 2 is 0.984 bits per heavy atom. The summed E-state index contributed by atoms with van der Waals surface area (Å²) in [6.45, 7) is 9.20. The third-order valence-corrected chi connectivity index (χ3v) is 9.91. The van der Waals surface area contributed by atoms with Crippen LogP contribution in [0.4, 0.5) is 0 Å². The van der Waals surface area contributed by atoms with Crippen LogP contribution < -0.4 is 21.3 Å². The lowest BCUT2D eigenvalue weighted by atomic mass is 10.0. The molecular weight excluding hydrogens is 805 g/mol. The van der Waals surface area contributed by atoms with Crippen LogP contribution in [0.5, 0.6) is 0 Å². The number of unbranched alkanes of at least 4 members (excludes halogenated alkanes) is 14. The van der Waals surface area contributed by atoms with Crippen molar-refractivity contribution in [1.29, 1.82) is 0 Å². The van der Waals surface area contributed by atoms with Crippen molar-refractivity contribution in [3.05, 3.63) is 0 Å². The fraction of sp³-hybridized carbons (Fsp3) is 0.844. The van der Waals surface area contributed by atoms with Gasteiger partial charge in [0.2, 0.25) is 23.6 Å². The number of methoxy groups -OCH3 is 1. The number of amides is 4. The van der Waals surface area contributed by atoms with E-state index in [-0.39, 0.29) is 61.2 Å². The molecule has 0 aliphatic heterocycles. The molecular formula is C45H84N4O13. The molecule has 362 valence electrons. The van der Waals surface area contributed by atoms with Crippen LogP contribution >= 0.6 is 0 Å². The van der Waals surface area contributed by atoms with Gasteiger partial charge in [-0.25, -0.2) is 4.79 Å². The lowest BCUT2D eigenvalue weighted by Gasteiger charge is -2.14. The molecule has 62 heavy (non-hydrogen) atoms. The number of carbonyl (C=O) groups is 7. The number of carboxylic acids is 2. The van der Waals surface area contributed by atoms with Gasteiger partial charge in [0.25, 0.3) is 0 Å². The molecule has 0 radical (unpaired) electrons. The molecule has 0 aliphatic carbocycles. The molecule has 0 heterocycles. The van der Waals surface area contributed by atoms with Crippen molar-refractivity contribution in [3.8, 4) is 0 Å². The first-order chi connectivity index (χ1) is 29.8. The molecule has 0 aliphatic rings. The second kappa shape index (κ2) is 45.4. The number of nitrogens with one attached hydrogen (secondary N) is 4. The Balaban J connectivity index is 0. The first-order valence-electron chi connectivity index (χ1n) is 23.1. The molecule has 4 amide bonds. The van der Waals surface area contributed by atoms with Crippen LogP contribution in [0.25, 0.3) is 0 Å². The number of hydrogen-bond acceptors (Lipinski definition) is 11. The number of carboxylic acid groups (broad SMARTS) is 2. The summed E-state index contributed by atoms with van der Waals surface area (Å²) < 4.78 is 20.6. The molecule has 6 N–H and O–H groups in total. The number of aliphatic carboxylic acids is 2. The highest BCUT2D eigenvalue weighted by atomic mass is 16.5. The van der Waals surface area contributed by atoms with Crippen molar-refractivity contribution >= 4 is 41.4 Å². The highest BCUT2D eigenvalue weighted by Crippen LogP contribution is 2.14. The van der Waals surface area contributed by atoms with Crippen molar-refractivity contribution in [2.75, 3.05) is 73.0 Å². The van der Waals surface area contributed by atoms with E-state index >= 15 is 0 Å². The van der Waals surface area contributed by atoms with Crippen LogP contribution in [0.1, 0.15) is 162 Å². The minimum absolute atomic E-state index is 0.00210. The zero-order valence-corrected chi connectivity index (χ0v) is 38.7. The van der Waals surface area contributed by atoms with Gasteiger partial charge in [0.05, 0.1) is 39.6 Å². The number of hydrogen-bond donors (Lipinski definition) is 6. The summed E-state index contributed by atoms with van der Waals surface area (Å²) >= 11 is 0. The van der Waals surface area contributed by atoms with Crippen LogP contribution in [0, 0.1) is 5.92 Å². The molecule has 1 unspecified atom stereocenters. The summed E-state index contributed by atoms with van der Waals surface area (Å²) in [5.74, 6) is -2.23. The van der Waals surface area contributed by atoms with Gasteiger partial charge in [0.1, 0.15) is 18.4 Å². The zero-order chi connectivity index (χ0) is 46.5. The van der Waals surface area contributed by atoms with Gasteiger partial charge in [0, 0.05) is 58.3 Å². The van der Waals surface area contributed by atoms with Gasteiger partial charge < -0.3 is 50.4 Å². The first kappa shape index (κ1) is 60.4. The van der Waals surface area contributed by atoms with Gasteiger partial charge in [-0.2, -0.15) is 0 Å². The number of ketones is 1. The standard InChI is InChI=1S/C28H52N2O8.C17H32N2O5/c1-37-22-23-38-21-20-29-25(31)19-18-24(28(35)36)30-26(32)16-14-12-10-8-6-4-2-3-5-7-9-11-13-15-17-27(33)34;1-4-16(21)19-9-10-23-11-12-24-13-17(22)18-8-6-5-7-14(2)15(3)20/h24H,2-23H2,1H3,(H,29,31)(H,30,32)(H,33,34)(H,35,36);14H,4-13H2,1-3H3,(H,18,22)(H,19,21)/t;14-/m.0/s1. The van der Waals surface area contributed by atoms with Crippen molar-refractivity contribution in [1.82, 2.24) is 21.3 Å². The summed E-state index contributed by atoms with van der Waals surface area (Å²) in [5.41, 5.74) is 0. The van der Waals surface area contributed by atoms with E-state index in [4.69, 9.17) is 24.1 Å². The van der Waals surface area contributed by atoms with Crippen molar-refractivity contribution in [2.24, 2.45) is 5.92 Å². The maximum absolute atomic E-state index is 12.1. The SMILES string of the molecule is CCC(=O)NCCOCCOCC(=O)NCCCC[C@H](C)C(C)=O.COCCOCCNC(=O)CCC(NC(=O)CCCCCCCCCCCCCCCCC(=O)O)C(=O)O. The second-order valence-electron chi connectivity index (χ2n) is 15.5. The van der Waals surface area contributed by atoms with E-state index in [1.807, 2.05) is 6.92 Å². The number of ether oxygens (including phenoxy) is 4. The predicted octanol–water partition coefficient (Wildman–Crippen LogP) is 5.50. The summed E-state index contributed by atoms with van der Waals surface area (Å²) in [6.07, 6.45) is 19.2. The Morgan fingerprint density at radius 3 is 1.48 bits per heavy atom. The maximum Gasteiger partial charge on any atom is 0.326 e. The second-order valence-corrected chi connectivity index (χ2v) is 15.5. The Morgan fingerprint density at radius 1 is 0.500 bits per heavy atom. The normalized spacial score (nSPS) is 11.7. The molecule has 0 aromatic carbocycles. The molecule has 0 bridgehead atoms. The van der Waals surface area contributed by atoms with E-state index in [9.17, 15) is 38.7 Å². The number of carbonyl (C=O) groups excluding carboxylic acids is 5. The summed E-state index contributed by atoms with van der Waals surface area (Å²) in [6, 6.07) is -1.07. The molecule has 17 heteroatoms. The number of rotatable bonds is 43. The minimum Gasteiger partial charge on any atom is -0.481 e. The van der Waals surface area contributed by atoms with Crippen LogP contribution in [-0.4, -0.2) is 131 Å². The minimum atomic E-state index is -1.13. The lowest BCUT2D eigenvalue weighted by molar-refractivity contribution is -0.142. The van der Waals surface area contributed by atoms with Gasteiger partial charge >= 0.3 is 11.9 Å². The van der Waals surface area contributed by atoms with E-state index in [2.05, 4.69) is 21.3 Å². The van der Waals surface area contributed by atoms with Crippen molar-refractivity contribution in [3.63, 3.8) is 0 Å². The maximum atomic E-state index is 12.1. The van der Waals surface area contributed by atoms with Crippen LogP contribution in [0.15, 0.2) is 0 Å². The average molecular weight is 889 g/mol. The highest BCUT2D eigenvalue weighted by molar-refractivity contribution is 5.84. The third-order valence-electron chi connectivity index (χ3n) is 9.91. The molecule has 0 aromatic rings. The third kappa shape index (κ3) is 45.8. The molecule has 17 nitrogen and oxygen atoms in total. The Labute approximate surface area is 371 Å². The topological polar surface area (TPSA) is 245 Å². The lowest BCUT2D eigenvalue weighted by Crippen LogP contribution is -2.41. The summed E-state index contributed by atoms with van der Waals surface area (Å²) in [5, 5.41) is 28.6. The predicted molar refractivity (Wildman–Crippen MR) is 238 cm³/mol. The van der Waals surface area contributed by atoms with Gasteiger partial charge in [-0.15, -0.1) is 0 Å². The Kier molecular flexibility index (Phi) is 44.2. The molecule has 0 fully saturated rings. The van der Waals surface area contributed by atoms with Crippen LogP contribution in [0.3, 0.4) is 0 Å². The van der Waals surface area contributed by atoms with Gasteiger partial charge in [0.15, 0.2) is 0 Å². The molecule has 0 rings (SSSR count). The zero-order valence-electron chi connectivity index (χ0n) is 38.7. The van der Waals surface area contributed by atoms with E-state index in [1.165, 1.54) is 44.9 Å². The van der Waals surface area contributed by atoms with Crippen LogP contribution in [0.2, 0.25) is 0 Å². The summed E-state index contributed by atoms with van der Waals surface area (Å²) in [7, 11) is 1.58. The smallest absolute Gasteiger partial charge is 0.326 e. The number of Topliss-reactive ketones (excluding diaryl/α,β-unsaturated/α-hetero) is 1. The van der Waals surface area contributed by atoms with E-state index < -0.39 is 18.0 Å². The van der Waals surface area contributed by atoms with Gasteiger partial charge in [-0.3, -0.25) is 28.8 Å².